The van der Waals surface area contributed by atoms with Crippen LogP contribution in [0.4, 0.5) is 24.5 Å². The van der Waals surface area contributed by atoms with Crippen LogP contribution in [0.25, 0.3) is 0 Å². The lowest BCUT2D eigenvalue weighted by Gasteiger charge is -2.47. The van der Waals surface area contributed by atoms with Crippen molar-refractivity contribution in [2.75, 3.05) is 17.3 Å². The summed E-state index contributed by atoms with van der Waals surface area (Å²) in [5, 5.41) is 3.63. The maximum atomic E-state index is 13.3. The van der Waals surface area contributed by atoms with E-state index in [0.29, 0.717) is 22.6 Å². The minimum absolute atomic E-state index is 0.178. The summed E-state index contributed by atoms with van der Waals surface area (Å²) in [6, 6.07) is 12.9. The van der Waals surface area contributed by atoms with Crippen molar-refractivity contribution in [3.63, 3.8) is 0 Å². The Morgan fingerprint density at radius 3 is 2.26 bits per heavy atom. The summed E-state index contributed by atoms with van der Waals surface area (Å²) in [5.41, 5.74) is 0.185. The van der Waals surface area contributed by atoms with Gasteiger partial charge >= 0.3 is 6.18 Å². The molecule has 1 saturated carbocycles. The molecule has 2 aliphatic rings. The van der Waals surface area contributed by atoms with Gasteiger partial charge in [-0.3, -0.25) is 0 Å². The van der Waals surface area contributed by atoms with Gasteiger partial charge in [0.1, 0.15) is 17.1 Å². The van der Waals surface area contributed by atoms with Crippen molar-refractivity contribution in [3.8, 4) is 5.75 Å². The van der Waals surface area contributed by atoms with Gasteiger partial charge in [0.2, 0.25) is 5.11 Å². The minimum atomic E-state index is -4.41. The minimum Gasteiger partial charge on any atom is -0.497 e. The second kappa shape index (κ2) is 8.87. The van der Waals surface area contributed by atoms with Gasteiger partial charge in [0.05, 0.1) is 12.7 Å². The van der Waals surface area contributed by atoms with Gasteiger partial charge in [-0.05, 0) is 91.7 Å². The van der Waals surface area contributed by atoms with Gasteiger partial charge in [0.25, 0.3) is 0 Å². The molecule has 0 radical (unpaired) electrons. The Labute approximate surface area is 204 Å². The van der Waals surface area contributed by atoms with Crippen LogP contribution in [0.3, 0.4) is 0 Å². The molecule has 8 heteroatoms. The summed E-state index contributed by atoms with van der Waals surface area (Å²) in [6.45, 7) is 6.77. The van der Waals surface area contributed by atoms with Crippen molar-refractivity contribution in [2.24, 2.45) is 16.3 Å². The number of hydrogen-bond donors (Lipinski definition) is 1. The Morgan fingerprint density at radius 2 is 1.71 bits per heavy atom. The predicted molar refractivity (Wildman–Crippen MR) is 135 cm³/mol. The molecule has 1 aliphatic heterocycles. The van der Waals surface area contributed by atoms with E-state index in [4.69, 9.17) is 21.9 Å². The van der Waals surface area contributed by atoms with Gasteiger partial charge in [-0.2, -0.15) is 13.2 Å². The number of thiocarbonyl (C=S) groups is 1. The van der Waals surface area contributed by atoms with Crippen molar-refractivity contribution < 1.29 is 17.9 Å². The van der Waals surface area contributed by atoms with Crippen LogP contribution >= 0.6 is 12.2 Å². The molecule has 1 heterocycles. The first kappa shape index (κ1) is 24.5. The number of rotatable bonds is 3. The van der Waals surface area contributed by atoms with E-state index in [-0.39, 0.29) is 5.41 Å². The van der Waals surface area contributed by atoms with E-state index in [0.717, 1.165) is 49.3 Å². The van der Waals surface area contributed by atoms with E-state index in [9.17, 15) is 13.2 Å². The quantitative estimate of drug-likeness (QED) is 0.459. The van der Waals surface area contributed by atoms with Crippen LogP contribution in [0, 0.1) is 11.3 Å². The number of nitrogens with zero attached hydrogens (tertiary/aromatic N) is 2. The summed E-state index contributed by atoms with van der Waals surface area (Å²) >= 11 is 5.71. The third kappa shape index (κ3) is 4.65. The lowest BCUT2D eigenvalue weighted by Crippen LogP contribution is -2.56. The molecule has 0 aromatic heterocycles. The number of aliphatic imine (C=N–C) groups is 1. The zero-order chi connectivity index (χ0) is 24.7. The van der Waals surface area contributed by atoms with Crippen LogP contribution < -0.4 is 15.0 Å². The zero-order valence-corrected chi connectivity index (χ0v) is 20.7. The molecule has 1 aliphatic carbocycles. The van der Waals surface area contributed by atoms with Crippen molar-refractivity contribution in [3.05, 3.63) is 54.1 Å². The molecule has 2 aromatic rings. The van der Waals surface area contributed by atoms with E-state index in [1.807, 2.05) is 24.3 Å². The summed E-state index contributed by atoms with van der Waals surface area (Å²) < 4.78 is 45.2. The molecule has 0 amide bonds. The van der Waals surface area contributed by atoms with Crippen LogP contribution in [0.15, 0.2) is 53.5 Å². The summed E-state index contributed by atoms with van der Waals surface area (Å²) in [7, 11) is 1.62. The Bertz CT molecular complexity index is 1080. The average molecular weight is 490 g/mol. The van der Waals surface area contributed by atoms with Gasteiger partial charge in [0, 0.05) is 11.4 Å². The largest absolute Gasteiger partial charge is 0.497 e. The number of halogens is 3. The molecule has 182 valence electrons. The van der Waals surface area contributed by atoms with E-state index >= 15 is 0 Å². The van der Waals surface area contributed by atoms with Crippen molar-refractivity contribution in [2.45, 2.75) is 58.2 Å². The number of amidine groups is 1. The Hall–Kier alpha value is -2.61. The van der Waals surface area contributed by atoms with Crippen LogP contribution in [0.1, 0.15) is 52.0 Å². The average Bonchev–Trinajstić information content (AvgIpc) is 3.03. The predicted octanol–water partition coefficient (Wildman–Crippen LogP) is 7.30. The molecule has 0 bridgehead atoms. The summed E-state index contributed by atoms with van der Waals surface area (Å²) in [4.78, 5) is 6.76. The maximum absolute atomic E-state index is 13.3. The van der Waals surface area contributed by atoms with Gasteiger partial charge in [0.15, 0.2) is 0 Å². The normalized spacial score (nSPS) is 23.3. The molecular formula is C26H30F3N3OS. The lowest BCUT2D eigenvalue weighted by atomic mass is 9.66. The van der Waals surface area contributed by atoms with E-state index in [1.165, 1.54) is 6.07 Å². The van der Waals surface area contributed by atoms with Crippen LogP contribution in [0.2, 0.25) is 0 Å². The highest BCUT2D eigenvalue weighted by molar-refractivity contribution is 7.80. The highest BCUT2D eigenvalue weighted by atomic mass is 32.1. The molecule has 0 saturated heterocycles. The summed E-state index contributed by atoms with van der Waals surface area (Å²) in [6.07, 6.45) is -0.871. The van der Waals surface area contributed by atoms with E-state index < -0.39 is 17.3 Å². The van der Waals surface area contributed by atoms with Gasteiger partial charge < -0.3 is 15.0 Å². The number of anilines is 2. The molecule has 1 fully saturated rings. The highest BCUT2D eigenvalue weighted by Gasteiger charge is 2.51. The second-order valence-corrected chi connectivity index (χ2v) is 10.5. The highest BCUT2D eigenvalue weighted by Crippen LogP contribution is 2.48. The van der Waals surface area contributed by atoms with Crippen LogP contribution in [-0.2, 0) is 6.18 Å². The van der Waals surface area contributed by atoms with E-state index in [2.05, 4.69) is 31.0 Å². The molecule has 0 atom stereocenters. The number of methoxy groups -OCH3 is 1. The third-order valence-electron chi connectivity index (χ3n) is 7.09. The van der Waals surface area contributed by atoms with Gasteiger partial charge in [-0.1, -0.05) is 26.8 Å². The number of nitrogens with one attached hydrogen (secondary N) is 1. The van der Waals surface area contributed by atoms with Crippen molar-refractivity contribution in [1.82, 2.24) is 0 Å². The standard InChI is InChI=1S/C26H30F3N3OS/c1-24(2,3)17-12-14-25(15-13-17)22(30-19-7-5-6-18(16-19)26(27,28)29)31-23(34)32(25)20-8-10-21(33-4)11-9-20/h5-11,16-17H,12-15H2,1-4H3,(H,30,31,34). The fourth-order valence-corrected chi connectivity index (χ4v) is 5.48. The first-order valence-corrected chi connectivity index (χ1v) is 11.9. The fraction of sp³-hybridized carbons (Fsp3) is 0.462. The molecule has 0 unspecified atom stereocenters. The topological polar surface area (TPSA) is 36.9 Å². The molecule has 34 heavy (non-hydrogen) atoms. The SMILES string of the molecule is COc1ccc(N2C(=S)N=C(Nc3cccc(C(F)(F)F)c3)C23CCC(C(C)(C)C)CC3)cc1. The van der Waals surface area contributed by atoms with Gasteiger partial charge in [-0.25, -0.2) is 4.99 Å². The molecule has 4 rings (SSSR count). The van der Waals surface area contributed by atoms with Gasteiger partial charge in [-0.15, -0.1) is 0 Å². The Kier molecular flexibility index (Phi) is 6.40. The zero-order valence-electron chi connectivity index (χ0n) is 19.9. The number of hydrogen-bond acceptors (Lipinski definition) is 3. The number of benzene rings is 2. The molecule has 4 nitrogen and oxygen atoms in total. The second-order valence-electron chi connectivity index (χ2n) is 10.2. The smallest absolute Gasteiger partial charge is 0.416 e. The first-order valence-electron chi connectivity index (χ1n) is 11.5. The number of alkyl halides is 3. The fourth-order valence-electron chi connectivity index (χ4n) is 5.10. The Balaban J connectivity index is 1.70. The van der Waals surface area contributed by atoms with E-state index in [1.54, 1.807) is 13.2 Å². The van der Waals surface area contributed by atoms with Crippen LogP contribution in [0.5, 0.6) is 5.75 Å². The Morgan fingerprint density at radius 1 is 1.06 bits per heavy atom. The van der Waals surface area contributed by atoms with Crippen molar-refractivity contribution >= 4 is 34.5 Å². The first-order chi connectivity index (χ1) is 15.9. The van der Waals surface area contributed by atoms with Crippen LogP contribution in [-0.4, -0.2) is 23.6 Å². The summed E-state index contributed by atoms with van der Waals surface area (Å²) in [5.74, 6) is 1.89. The lowest BCUT2D eigenvalue weighted by molar-refractivity contribution is -0.137. The third-order valence-corrected chi connectivity index (χ3v) is 7.36. The monoisotopic (exact) mass is 489 g/mol. The molecule has 1 N–H and O–H groups in total. The molecular weight excluding hydrogens is 459 g/mol. The molecule has 2 aromatic carbocycles. The number of ether oxygens (including phenoxy) is 1. The molecule has 1 spiro atoms. The van der Waals surface area contributed by atoms with Crippen molar-refractivity contribution in [1.29, 1.82) is 0 Å². The maximum Gasteiger partial charge on any atom is 0.416 e.